The summed E-state index contributed by atoms with van der Waals surface area (Å²) in [5.41, 5.74) is 2.50. The van der Waals surface area contributed by atoms with Gasteiger partial charge in [0.15, 0.2) is 5.84 Å². The molecular formula is C22H13BrFN5OS. The lowest BCUT2D eigenvalue weighted by molar-refractivity contribution is -0.114. The molecule has 0 unspecified atom stereocenters. The van der Waals surface area contributed by atoms with Crippen molar-refractivity contribution in [3.8, 4) is 5.69 Å². The van der Waals surface area contributed by atoms with Gasteiger partial charge in [-0.15, -0.1) is 0 Å². The van der Waals surface area contributed by atoms with E-state index < -0.39 is 5.91 Å². The minimum Gasteiger partial charge on any atom is -0.317 e. The second kappa shape index (κ2) is 7.75. The lowest BCUT2D eigenvalue weighted by atomic mass is 10.1. The molecule has 3 aromatic rings. The highest BCUT2D eigenvalue weighted by molar-refractivity contribution is 9.10. The van der Waals surface area contributed by atoms with Crippen molar-refractivity contribution in [2.75, 3.05) is 0 Å². The summed E-state index contributed by atoms with van der Waals surface area (Å²) in [5.74, 6) is -0.893. The summed E-state index contributed by atoms with van der Waals surface area (Å²) in [7, 11) is 0. The number of nitrogens with zero attached hydrogens (tertiary/aromatic N) is 4. The van der Waals surface area contributed by atoms with Gasteiger partial charge in [-0.25, -0.2) is 4.39 Å². The smallest absolute Gasteiger partial charge is 0.283 e. The van der Waals surface area contributed by atoms with E-state index in [9.17, 15) is 9.18 Å². The highest BCUT2D eigenvalue weighted by Crippen LogP contribution is 2.31. The molecule has 0 spiro atoms. The van der Waals surface area contributed by atoms with E-state index in [4.69, 9.17) is 5.41 Å². The zero-order chi connectivity index (χ0) is 21.5. The molecule has 6 nitrogen and oxygen atoms in total. The molecule has 0 fully saturated rings. The number of nitrogens with one attached hydrogen (secondary N) is 1. The van der Waals surface area contributed by atoms with E-state index in [1.807, 2.05) is 47.2 Å². The van der Waals surface area contributed by atoms with Gasteiger partial charge in [-0.05, 0) is 78.5 Å². The summed E-state index contributed by atoms with van der Waals surface area (Å²) >= 11 is 4.60. The van der Waals surface area contributed by atoms with E-state index in [1.54, 1.807) is 18.2 Å². The molecule has 2 aliphatic heterocycles. The SMILES string of the molecule is N=C1/C(=C\c2cccn2-c2ccc(Br)cc2)C(=O)N=C2SC(c3ccc(F)cc3)=NN12. The van der Waals surface area contributed by atoms with Crippen LogP contribution in [0.15, 0.2) is 87.0 Å². The summed E-state index contributed by atoms with van der Waals surface area (Å²) in [6.45, 7) is 0. The Kier molecular flexibility index (Phi) is 4.91. The first-order chi connectivity index (χ1) is 15.0. The van der Waals surface area contributed by atoms with E-state index in [2.05, 4.69) is 26.0 Å². The third-order valence-corrected chi connectivity index (χ3v) is 6.21. The number of halogens is 2. The number of hydrazone groups is 1. The van der Waals surface area contributed by atoms with Gasteiger partial charge in [0.1, 0.15) is 10.9 Å². The molecular weight excluding hydrogens is 481 g/mol. The van der Waals surface area contributed by atoms with Crippen molar-refractivity contribution in [3.05, 3.63) is 94.0 Å². The Labute approximate surface area is 189 Å². The number of hydrogen-bond donors (Lipinski definition) is 1. The first-order valence-corrected chi connectivity index (χ1v) is 10.8. The number of carbonyl (C=O) groups excluding carboxylic acids is 1. The average molecular weight is 494 g/mol. The van der Waals surface area contributed by atoms with Crippen LogP contribution in [-0.2, 0) is 4.79 Å². The third kappa shape index (κ3) is 3.66. The van der Waals surface area contributed by atoms with Gasteiger partial charge in [-0.1, -0.05) is 15.9 Å². The molecule has 0 radical (unpaired) electrons. The van der Waals surface area contributed by atoms with Crippen LogP contribution in [0.2, 0.25) is 0 Å². The molecule has 2 aliphatic rings. The zero-order valence-electron chi connectivity index (χ0n) is 15.8. The maximum Gasteiger partial charge on any atom is 0.283 e. The average Bonchev–Trinajstić information content (AvgIpc) is 3.39. The molecule has 1 N–H and O–H groups in total. The first-order valence-electron chi connectivity index (χ1n) is 9.19. The lowest BCUT2D eigenvalue weighted by Gasteiger charge is -2.20. The molecule has 5 rings (SSSR count). The van der Waals surface area contributed by atoms with Crippen molar-refractivity contribution in [1.82, 2.24) is 9.58 Å². The topological polar surface area (TPSA) is 73.8 Å². The zero-order valence-corrected chi connectivity index (χ0v) is 18.2. The van der Waals surface area contributed by atoms with Crippen molar-refractivity contribution >= 4 is 55.7 Å². The van der Waals surface area contributed by atoms with Gasteiger partial charge in [0.25, 0.3) is 5.91 Å². The van der Waals surface area contributed by atoms with Gasteiger partial charge in [0.05, 0.1) is 5.57 Å². The molecule has 1 aromatic heterocycles. The first kappa shape index (κ1) is 19.7. The number of amides is 1. The number of benzene rings is 2. The number of aliphatic imine (C=N–C) groups is 1. The van der Waals surface area contributed by atoms with Gasteiger partial charge in [0, 0.05) is 27.6 Å². The van der Waals surface area contributed by atoms with E-state index in [1.165, 1.54) is 28.9 Å². The van der Waals surface area contributed by atoms with Crippen molar-refractivity contribution < 1.29 is 9.18 Å². The number of hydrogen-bond acceptors (Lipinski definition) is 4. The van der Waals surface area contributed by atoms with E-state index >= 15 is 0 Å². The van der Waals surface area contributed by atoms with Crippen LogP contribution in [0.3, 0.4) is 0 Å². The van der Waals surface area contributed by atoms with Crippen LogP contribution < -0.4 is 0 Å². The number of thioether (sulfide) groups is 1. The fraction of sp³-hybridized carbons (Fsp3) is 0. The van der Waals surface area contributed by atoms with Crippen molar-refractivity contribution in [1.29, 1.82) is 5.41 Å². The number of aromatic nitrogens is 1. The Morgan fingerprint density at radius 1 is 1.06 bits per heavy atom. The molecule has 3 heterocycles. The van der Waals surface area contributed by atoms with Crippen LogP contribution in [0.5, 0.6) is 0 Å². The number of rotatable bonds is 3. The van der Waals surface area contributed by atoms with Gasteiger partial charge in [0.2, 0.25) is 5.17 Å². The highest BCUT2D eigenvalue weighted by Gasteiger charge is 2.36. The summed E-state index contributed by atoms with van der Waals surface area (Å²) in [5, 5.41) is 15.2. The van der Waals surface area contributed by atoms with Crippen LogP contribution in [0.25, 0.3) is 11.8 Å². The number of carbonyl (C=O) groups is 1. The Bertz CT molecular complexity index is 1310. The van der Waals surface area contributed by atoms with Gasteiger partial charge < -0.3 is 4.57 Å². The van der Waals surface area contributed by atoms with Crippen LogP contribution in [0, 0.1) is 11.2 Å². The predicted octanol–water partition coefficient (Wildman–Crippen LogP) is 5.05. The Morgan fingerprint density at radius 3 is 2.55 bits per heavy atom. The van der Waals surface area contributed by atoms with Gasteiger partial charge >= 0.3 is 0 Å². The number of amidine groups is 2. The van der Waals surface area contributed by atoms with E-state index in [0.29, 0.717) is 15.8 Å². The summed E-state index contributed by atoms with van der Waals surface area (Å²) in [6, 6.07) is 17.4. The van der Waals surface area contributed by atoms with Crippen LogP contribution >= 0.6 is 27.7 Å². The molecule has 0 atom stereocenters. The lowest BCUT2D eigenvalue weighted by Crippen LogP contribution is -2.35. The molecule has 1 amide bonds. The second-order valence-corrected chi connectivity index (χ2v) is 8.58. The minimum atomic E-state index is -0.497. The van der Waals surface area contributed by atoms with Crippen LogP contribution in [0.4, 0.5) is 4.39 Å². The Morgan fingerprint density at radius 2 is 1.81 bits per heavy atom. The van der Waals surface area contributed by atoms with E-state index in [0.717, 1.165) is 15.9 Å². The predicted molar refractivity (Wildman–Crippen MR) is 124 cm³/mol. The molecule has 0 aliphatic carbocycles. The van der Waals surface area contributed by atoms with Crippen LogP contribution in [-0.4, -0.2) is 31.5 Å². The monoisotopic (exact) mass is 493 g/mol. The molecule has 9 heteroatoms. The third-order valence-electron chi connectivity index (χ3n) is 4.72. The summed E-state index contributed by atoms with van der Waals surface area (Å²) in [6.07, 6.45) is 3.53. The minimum absolute atomic E-state index is 0.0526. The highest BCUT2D eigenvalue weighted by atomic mass is 79.9. The summed E-state index contributed by atoms with van der Waals surface area (Å²) < 4.78 is 16.1. The van der Waals surface area contributed by atoms with Gasteiger partial charge in [-0.2, -0.15) is 15.1 Å². The quantitative estimate of drug-likeness (QED) is 0.519. The summed E-state index contributed by atoms with van der Waals surface area (Å²) in [4.78, 5) is 16.8. The molecule has 31 heavy (non-hydrogen) atoms. The Hall–Kier alpha value is -3.30. The fourth-order valence-electron chi connectivity index (χ4n) is 3.20. The number of fused-ring (bicyclic) bond motifs is 1. The van der Waals surface area contributed by atoms with E-state index in [-0.39, 0.29) is 17.2 Å². The van der Waals surface area contributed by atoms with Crippen LogP contribution in [0.1, 0.15) is 11.3 Å². The van der Waals surface area contributed by atoms with Gasteiger partial charge in [-0.3, -0.25) is 10.2 Å². The molecule has 0 saturated heterocycles. The maximum atomic E-state index is 13.2. The molecule has 0 bridgehead atoms. The maximum absolute atomic E-state index is 13.2. The normalized spacial score (nSPS) is 17.1. The molecule has 152 valence electrons. The largest absolute Gasteiger partial charge is 0.317 e. The van der Waals surface area contributed by atoms with Crippen molar-refractivity contribution in [2.45, 2.75) is 0 Å². The van der Waals surface area contributed by atoms with Crippen molar-refractivity contribution in [2.24, 2.45) is 10.1 Å². The Balaban J connectivity index is 1.49. The molecule has 0 saturated carbocycles. The molecule has 2 aromatic carbocycles. The second-order valence-electron chi connectivity index (χ2n) is 6.71. The van der Waals surface area contributed by atoms with Crippen molar-refractivity contribution in [3.63, 3.8) is 0 Å². The fourth-order valence-corrected chi connectivity index (χ4v) is 4.36. The standard InChI is InChI=1S/C22H13BrFN5OS/c23-14-5-9-16(10-6-14)28-11-1-2-17(28)12-18-19(25)29-22(26-20(18)30)31-21(27-29)13-3-7-15(24)8-4-13/h1-12,25H/b18-12+,25-19?.